The molecule has 1 heterocycles. The molecular formula is C11H16BrN3. The average Bonchev–Trinajstić information content (AvgIpc) is 3.05. The van der Waals surface area contributed by atoms with E-state index >= 15 is 0 Å². The highest BCUT2D eigenvalue weighted by atomic mass is 79.9. The molecule has 1 saturated carbocycles. The van der Waals surface area contributed by atoms with Gasteiger partial charge in [-0.1, -0.05) is 6.92 Å². The van der Waals surface area contributed by atoms with Crippen LogP contribution in [0.4, 0.5) is 5.82 Å². The molecule has 0 saturated heterocycles. The Kier molecular flexibility index (Phi) is 3.24. The van der Waals surface area contributed by atoms with Crippen molar-refractivity contribution in [2.45, 2.75) is 39.0 Å². The summed E-state index contributed by atoms with van der Waals surface area (Å²) in [6.07, 6.45) is 3.44. The van der Waals surface area contributed by atoms with Gasteiger partial charge in [0.25, 0.3) is 0 Å². The van der Waals surface area contributed by atoms with Gasteiger partial charge in [0.05, 0.1) is 10.2 Å². The van der Waals surface area contributed by atoms with Crippen LogP contribution in [-0.4, -0.2) is 16.5 Å². The maximum absolute atomic E-state index is 4.60. The van der Waals surface area contributed by atoms with Crippen LogP contribution in [-0.2, 0) is 6.42 Å². The Morgan fingerprint density at radius 1 is 1.33 bits per heavy atom. The van der Waals surface area contributed by atoms with Gasteiger partial charge in [0.15, 0.2) is 0 Å². The van der Waals surface area contributed by atoms with Crippen LogP contribution in [0.3, 0.4) is 0 Å². The summed E-state index contributed by atoms with van der Waals surface area (Å²) in [5.41, 5.74) is 1.11. The van der Waals surface area contributed by atoms with Crippen molar-refractivity contribution in [3.8, 4) is 0 Å². The number of hydrogen-bond acceptors (Lipinski definition) is 3. The number of anilines is 1. The minimum atomic E-state index is 0.612. The van der Waals surface area contributed by atoms with Crippen molar-refractivity contribution in [1.82, 2.24) is 9.97 Å². The van der Waals surface area contributed by atoms with E-state index in [2.05, 4.69) is 45.1 Å². The molecule has 2 rings (SSSR count). The van der Waals surface area contributed by atoms with E-state index in [0.717, 1.165) is 34.8 Å². The molecule has 1 fully saturated rings. The number of hydrogen-bond donors (Lipinski definition) is 1. The van der Waals surface area contributed by atoms with E-state index in [1.807, 2.05) is 0 Å². The predicted molar refractivity (Wildman–Crippen MR) is 65.2 cm³/mol. The largest absolute Gasteiger partial charge is 0.369 e. The Morgan fingerprint density at radius 3 is 2.60 bits per heavy atom. The fraction of sp³-hybridized carbons (Fsp3) is 0.636. The van der Waals surface area contributed by atoms with Crippen LogP contribution in [0.5, 0.6) is 0 Å². The lowest BCUT2D eigenvalue weighted by Crippen LogP contribution is -2.07. The highest BCUT2D eigenvalue weighted by molar-refractivity contribution is 9.10. The van der Waals surface area contributed by atoms with Gasteiger partial charge in [-0.05, 0) is 42.1 Å². The average molecular weight is 270 g/mol. The van der Waals surface area contributed by atoms with Crippen LogP contribution >= 0.6 is 15.9 Å². The fourth-order valence-electron chi connectivity index (χ4n) is 1.56. The molecule has 0 atom stereocenters. The lowest BCUT2D eigenvalue weighted by Gasteiger charge is -2.10. The van der Waals surface area contributed by atoms with E-state index in [1.165, 1.54) is 12.8 Å². The third-order valence-electron chi connectivity index (χ3n) is 2.56. The third-order valence-corrected chi connectivity index (χ3v) is 3.39. The van der Waals surface area contributed by atoms with Gasteiger partial charge in [-0.25, -0.2) is 9.97 Å². The second kappa shape index (κ2) is 4.47. The van der Waals surface area contributed by atoms with E-state index < -0.39 is 0 Å². The Bertz CT molecular complexity index is 361. The van der Waals surface area contributed by atoms with Crippen molar-refractivity contribution >= 4 is 21.7 Å². The molecule has 0 unspecified atom stereocenters. The zero-order valence-electron chi connectivity index (χ0n) is 9.18. The number of halogens is 1. The molecule has 3 nitrogen and oxygen atoms in total. The molecule has 0 bridgehead atoms. The van der Waals surface area contributed by atoms with Gasteiger partial charge in [-0.3, -0.25) is 0 Å². The SMILES string of the molecule is CCNc1nc(C2CC2)nc(CC)c1Br. The lowest BCUT2D eigenvalue weighted by molar-refractivity contribution is 0.869. The Hall–Kier alpha value is -0.640. The van der Waals surface area contributed by atoms with Gasteiger partial charge >= 0.3 is 0 Å². The molecule has 0 aromatic carbocycles. The maximum Gasteiger partial charge on any atom is 0.144 e. The highest BCUT2D eigenvalue weighted by Crippen LogP contribution is 2.39. The minimum Gasteiger partial charge on any atom is -0.369 e. The Labute approximate surface area is 98.8 Å². The van der Waals surface area contributed by atoms with Crippen LogP contribution in [0.25, 0.3) is 0 Å². The van der Waals surface area contributed by atoms with E-state index in [-0.39, 0.29) is 0 Å². The molecule has 1 aromatic rings. The van der Waals surface area contributed by atoms with Crippen molar-refractivity contribution < 1.29 is 0 Å². The molecule has 1 aliphatic rings. The van der Waals surface area contributed by atoms with Crippen LogP contribution < -0.4 is 5.32 Å². The van der Waals surface area contributed by atoms with E-state index in [0.29, 0.717) is 5.92 Å². The van der Waals surface area contributed by atoms with E-state index in [9.17, 15) is 0 Å². The smallest absolute Gasteiger partial charge is 0.144 e. The first-order valence-corrected chi connectivity index (χ1v) is 6.35. The molecule has 4 heteroatoms. The first kappa shape index (κ1) is 10.9. The van der Waals surface area contributed by atoms with Gasteiger partial charge in [-0.2, -0.15) is 0 Å². The molecule has 1 aliphatic carbocycles. The lowest BCUT2D eigenvalue weighted by atomic mass is 10.3. The van der Waals surface area contributed by atoms with Gasteiger partial charge < -0.3 is 5.32 Å². The molecule has 1 aromatic heterocycles. The molecule has 15 heavy (non-hydrogen) atoms. The van der Waals surface area contributed by atoms with Crippen LogP contribution in [0.2, 0.25) is 0 Å². The summed E-state index contributed by atoms with van der Waals surface area (Å²) in [6.45, 7) is 5.10. The zero-order chi connectivity index (χ0) is 10.8. The molecule has 1 N–H and O–H groups in total. The van der Waals surface area contributed by atoms with Crippen molar-refractivity contribution in [2.75, 3.05) is 11.9 Å². The van der Waals surface area contributed by atoms with Crippen LogP contribution in [0.1, 0.15) is 44.1 Å². The van der Waals surface area contributed by atoms with Crippen LogP contribution in [0.15, 0.2) is 4.47 Å². The topological polar surface area (TPSA) is 37.8 Å². The number of nitrogens with one attached hydrogen (secondary N) is 1. The van der Waals surface area contributed by atoms with Crippen molar-refractivity contribution in [3.05, 3.63) is 16.0 Å². The molecular weight excluding hydrogens is 254 g/mol. The summed E-state index contributed by atoms with van der Waals surface area (Å²) in [5, 5.41) is 3.28. The molecule has 0 radical (unpaired) electrons. The van der Waals surface area contributed by atoms with Crippen LogP contribution in [0, 0.1) is 0 Å². The van der Waals surface area contributed by atoms with E-state index in [1.54, 1.807) is 0 Å². The van der Waals surface area contributed by atoms with Crippen molar-refractivity contribution in [3.63, 3.8) is 0 Å². The number of aryl methyl sites for hydroxylation is 1. The predicted octanol–water partition coefficient (Wildman–Crippen LogP) is 3.11. The fourth-order valence-corrected chi connectivity index (χ4v) is 2.15. The minimum absolute atomic E-state index is 0.612. The summed E-state index contributed by atoms with van der Waals surface area (Å²) in [4.78, 5) is 9.16. The number of nitrogens with zero attached hydrogens (tertiary/aromatic N) is 2. The number of aromatic nitrogens is 2. The summed E-state index contributed by atoms with van der Waals surface area (Å²) in [5.74, 6) is 2.58. The standard InChI is InChI=1S/C11H16BrN3/c1-3-8-9(12)11(13-4-2)15-10(14-8)7-5-6-7/h7H,3-6H2,1-2H3,(H,13,14,15). The second-order valence-electron chi connectivity index (χ2n) is 3.85. The molecule has 0 spiro atoms. The zero-order valence-corrected chi connectivity index (χ0v) is 10.8. The Balaban J connectivity index is 2.37. The van der Waals surface area contributed by atoms with E-state index in [4.69, 9.17) is 0 Å². The van der Waals surface area contributed by atoms with Crippen molar-refractivity contribution in [2.24, 2.45) is 0 Å². The first-order valence-electron chi connectivity index (χ1n) is 5.56. The summed E-state index contributed by atoms with van der Waals surface area (Å²) < 4.78 is 1.02. The monoisotopic (exact) mass is 269 g/mol. The maximum atomic E-state index is 4.60. The second-order valence-corrected chi connectivity index (χ2v) is 4.64. The number of rotatable bonds is 4. The highest BCUT2D eigenvalue weighted by Gasteiger charge is 2.28. The summed E-state index contributed by atoms with van der Waals surface area (Å²) in [6, 6.07) is 0. The molecule has 0 aliphatic heterocycles. The van der Waals surface area contributed by atoms with Gasteiger partial charge in [0.1, 0.15) is 11.6 Å². The summed E-state index contributed by atoms with van der Waals surface area (Å²) >= 11 is 3.56. The molecule has 0 amide bonds. The van der Waals surface area contributed by atoms with Gasteiger partial charge in [0.2, 0.25) is 0 Å². The first-order chi connectivity index (χ1) is 7.26. The normalized spacial score (nSPS) is 15.4. The quantitative estimate of drug-likeness (QED) is 0.913. The molecule has 82 valence electrons. The third kappa shape index (κ3) is 2.30. The van der Waals surface area contributed by atoms with Gasteiger partial charge in [0, 0.05) is 12.5 Å². The Morgan fingerprint density at radius 2 is 2.07 bits per heavy atom. The van der Waals surface area contributed by atoms with Crippen molar-refractivity contribution in [1.29, 1.82) is 0 Å². The summed E-state index contributed by atoms with van der Waals surface area (Å²) in [7, 11) is 0. The van der Waals surface area contributed by atoms with Gasteiger partial charge in [-0.15, -0.1) is 0 Å².